The molecule has 0 amide bonds. The molecule has 2 rings (SSSR count). The molecular formula is C17H27NO. The zero-order valence-electron chi connectivity index (χ0n) is 12.5. The lowest BCUT2D eigenvalue weighted by atomic mass is 10.00. The van der Waals surface area contributed by atoms with Crippen LogP contribution in [0.2, 0.25) is 0 Å². The van der Waals surface area contributed by atoms with Crippen molar-refractivity contribution >= 4 is 0 Å². The van der Waals surface area contributed by atoms with Crippen molar-refractivity contribution in [3.8, 4) is 5.75 Å². The van der Waals surface area contributed by atoms with Crippen LogP contribution < -0.4 is 0 Å². The number of aryl methyl sites for hydroxylation is 1. The van der Waals surface area contributed by atoms with Gasteiger partial charge in [-0.05, 0) is 48.6 Å². The van der Waals surface area contributed by atoms with Crippen LogP contribution in [0, 0.1) is 5.92 Å². The van der Waals surface area contributed by atoms with Crippen LogP contribution in [-0.2, 0) is 6.42 Å². The molecule has 1 unspecified atom stereocenters. The van der Waals surface area contributed by atoms with Crippen molar-refractivity contribution in [2.24, 2.45) is 5.92 Å². The summed E-state index contributed by atoms with van der Waals surface area (Å²) in [5.74, 6) is 1.21. The van der Waals surface area contributed by atoms with Gasteiger partial charge in [0.25, 0.3) is 0 Å². The van der Waals surface area contributed by atoms with Gasteiger partial charge in [0.1, 0.15) is 5.75 Å². The Morgan fingerprint density at radius 2 is 2.00 bits per heavy atom. The third kappa shape index (κ3) is 3.11. The van der Waals surface area contributed by atoms with Crippen molar-refractivity contribution in [1.29, 1.82) is 0 Å². The Labute approximate surface area is 117 Å². The van der Waals surface area contributed by atoms with E-state index in [0.717, 1.165) is 18.9 Å². The maximum Gasteiger partial charge on any atom is 0.115 e. The number of aromatic hydroxyl groups is 1. The molecule has 0 aliphatic heterocycles. The number of rotatable bonds is 6. The quantitative estimate of drug-likeness (QED) is 0.832. The van der Waals surface area contributed by atoms with Gasteiger partial charge in [0, 0.05) is 12.6 Å². The summed E-state index contributed by atoms with van der Waals surface area (Å²) in [6.45, 7) is 9.17. The van der Waals surface area contributed by atoms with Crippen LogP contribution in [0.3, 0.4) is 0 Å². The number of hydrogen-bond donors (Lipinski definition) is 1. The molecule has 2 heteroatoms. The van der Waals surface area contributed by atoms with Crippen LogP contribution in [0.25, 0.3) is 0 Å². The van der Waals surface area contributed by atoms with E-state index in [0.29, 0.717) is 11.8 Å². The van der Waals surface area contributed by atoms with Crippen LogP contribution in [0.5, 0.6) is 5.75 Å². The van der Waals surface area contributed by atoms with Crippen LogP contribution in [-0.4, -0.2) is 23.1 Å². The van der Waals surface area contributed by atoms with Crippen molar-refractivity contribution in [3.63, 3.8) is 0 Å². The summed E-state index contributed by atoms with van der Waals surface area (Å²) in [4.78, 5) is 2.63. The molecule has 1 aromatic rings. The monoisotopic (exact) mass is 261 g/mol. The Hall–Kier alpha value is -1.02. The zero-order valence-corrected chi connectivity index (χ0v) is 12.5. The zero-order chi connectivity index (χ0) is 13.8. The molecule has 19 heavy (non-hydrogen) atoms. The molecule has 0 aromatic heterocycles. The molecule has 1 aliphatic carbocycles. The van der Waals surface area contributed by atoms with Crippen molar-refractivity contribution < 1.29 is 5.11 Å². The minimum Gasteiger partial charge on any atom is -0.508 e. The van der Waals surface area contributed by atoms with Gasteiger partial charge in [-0.25, -0.2) is 0 Å². The van der Waals surface area contributed by atoms with Gasteiger partial charge in [0.05, 0.1) is 0 Å². The molecule has 1 N–H and O–H groups in total. The number of phenolic OH excluding ortho intramolecular Hbond substituents is 1. The predicted molar refractivity (Wildman–Crippen MR) is 80.5 cm³/mol. The Morgan fingerprint density at radius 1 is 1.26 bits per heavy atom. The van der Waals surface area contributed by atoms with Crippen LogP contribution in [0.15, 0.2) is 18.2 Å². The van der Waals surface area contributed by atoms with Gasteiger partial charge in [-0.1, -0.05) is 39.7 Å². The summed E-state index contributed by atoms with van der Waals surface area (Å²) in [7, 11) is 0. The largest absolute Gasteiger partial charge is 0.508 e. The van der Waals surface area contributed by atoms with Crippen LogP contribution in [0.1, 0.15) is 57.2 Å². The van der Waals surface area contributed by atoms with Gasteiger partial charge in [-0.3, -0.25) is 4.90 Å². The highest BCUT2D eigenvalue weighted by atomic mass is 16.3. The third-order valence-corrected chi connectivity index (χ3v) is 4.67. The molecule has 0 bridgehead atoms. The summed E-state index contributed by atoms with van der Waals surface area (Å²) in [6.07, 6.45) is 4.84. The predicted octanol–water partition coefficient (Wildman–Crippen LogP) is 4.14. The molecule has 0 fully saturated rings. The minimum absolute atomic E-state index is 0.405. The molecule has 2 nitrogen and oxygen atoms in total. The lowest BCUT2D eigenvalue weighted by molar-refractivity contribution is 0.170. The topological polar surface area (TPSA) is 23.5 Å². The smallest absolute Gasteiger partial charge is 0.115 e. The summed E-state index contributed by atoms with van der Waals surface area (Å²) in [5.41, 5.74) is 2.78. The second-order valence-corrected chi connectivity index (χ2v) is 5.71. The fraction of sp³-hybridized carbons (Fsp3) is 0.647. The van der Waals surface area contributed by atoms with Crippen LogP contribution >= 0.6 is 0 Å². The molecule has 0 heterocycles. The molecule has 0 radical (unpaired) electrons. The van der Waals surface area contributed by atoms with E-state index in [9.17, 15) is 5.11 Å². The van der Waals surface area contributed by atoms with Gasteiger partial charge in [-0.15, -0.1) is 0 Å². The Bertz CT molecular complexity index is 412. The van der Waals surface area contributed by atoms with Gasteiger partial charge in [-0.2, -0.15) is 0 Å². The first-order chi connectivity index (χ1) is 9.19. The minimum atomic E-state index is 0.405. The van der Waals surface area contributed by atoms with E-state index in [1.807, 2.05) is 12.1 Å². The average molecular weight is 261 g/mol. The number of nitrogens with zero attached hydrogens (tertiary/aromatic N) is 1. The highest BCUT2D eigenvalue weighted by Crippen LogP contribution is 2.37. The summed E-state index contributed by atoms with van der Waals surface area (Å²) in [6, 6.07) is 6.46. The Morgan fingerprint density at radius 3 is 2.63 bits per heavy atom. The first kappa shape index (κ1) is 14.4. The fourth-order valence-electron chi connectivity index (χ4n) is 3.32. The number of phenols is 1. The van der Waals surface area contributed by atoms with E-state index < -0.39 is 0 Å². The number of benzene rings is 1. The molecule has 0 saturated heterocycles. The summed E-state index contributed by atoms with van der Waals surface area (Å²) < 4.78 is 0. The maximum atomic E-state index is 9.59. The normalized spacial score (nSPS) is 18.3. The van der Waals surface area contributed by atoms with Gasteiger partial charge < -0.3 is 5.11 Å². The molecule has 0 spiro atoms. The third-order valence-electron chi connectivity index (χ3n) is 4.67. The van der Waals surface area contributed by atoms with E-state index in [-0.39, 0.29) is 0 Å². The lowest BCUT2D eigenvalue weighted by Gasteiger charge is -2.31. The molecule has 1 atom stereocenters. The molecule has 106 valence electrons. The second-order valence-electron chi connectivity index (χ2n) is 5.71. The van der Waals surface area contributed by atoms with Gasteiger partial charge >= 0.3 is 0 Å². The van der Waals surface area contributed by atoms with E-state index in [2.05, 4.69) is 31.7 Å². The van der Waals surface area contributed by atoms with E-state index in [1.165, 1.54) is 36.9 Å². The van der Waals surface area contributed by atoms with Crippen molar-refractivity contribution in [1.82, 2.24) is 4.90 Å². The van der Waals surface area contributed by atoms with E-state index in [4.69, 9.17) is 0 Å². The number of hydrogen-bond acceptors (Lipinski definition) is 2. The van der Waals surface area contributed by atoms with Crippen molar-refractivity contribution in [2.75, 3.05) is 13.1 Å². The fourth-order valence-corrected chi connectivity index (χ4v) is 3.32. The Kier molecular flexibility index (Phi) is 4.87. The summed E-state index contributed by atoms with van der Waals surface area (Å²) in [5, 5.41) is 9.59. The SMILES string of the molecule is CCC(CC)CN(CC)C1CCc2cc(O)ccc21. The average Bonchev–Trinajstić information content (AvgIpc) is 2.83. The molecule has 1 aromatic carbocycles. The highest BCUT2D eigenvalue weighted by molar-refractivity contribution is 5.40. The van der Waals surface area contributed by atoms with Crippen LogP contribution in [0.4, 0.5) is 0 Å². The number of fused-ring (bicyclic) bond motifs is 1. The maximum absolute atomic E-state index is 9.59. The van der Waals surface area contributed by atoms with Crippen molar-refractivity contribution in [3.05, 3.63) is 29.3 Å². The lowest BCUT2D eigenvalue weighted by Crippen LogP contribution is -2.32. The van der Waals surface area contributed by atoms with Gasteiger partial charge in [0.15, 0.2) is 0 Å². The standard InChI is InChI=1S/C17H27NO/c1-4-13(5-2)12-18(6-3)17-10-7-14-11-15(19)8-9-16(14)17/h8-9,11,13,17,19H,4-7,10,12H2,1-3H3. The molecule has 1 aliphatic rings. The van der Waals surface area contributed by atoms with Gasteiger partial charge in [0.2, 0.25) is 0 Å². The molecular weight excluding hydrogens is 234 g/mol. The first-order valence-electron chi connectivity index (χ1n) is 7.75. The summed E-state index contributed by atoms with van der Waals surface area (Å²) >= 11 is 0. The highest BCUT2D eigenvalue weighted by Gasteiger charge is 2.28. The Balaban J connectivity index is 2.14. The van der Waals surface area contributed by atoms with E-state index in [1.54, 1.807) is 0 Å². The molecule has 0 saturated carbocycles. The van der Waals surface area contributed by atoms with E-state index >= 15 is 0 Å². The first-order valence-corrected chi connectivity index (χ1v) is 7.75. The van der Waals surface area contributed by atoms with Crippen molar-refractivity contribution in [2.45, 2.75) is 52.5 Å². The second kappa shape index (κ2) is 6.42.